The zero-order valence-corrected chi connectivity index (χ0v) is 21.0. The van der Waals surface area contributed by atoms with Gasteiger partial charge in [-0.15, -0.1) is 0 Å². The lowest BCUT2D eigenvalue weighted by molar-refractivity contribution is 0.00222. The number of halogens is 2. The molecule has 206 valence electrons. The first-order chi connectivity index (χ1) is 18.7. The number of hydrogen-bond acceptors (Lipinski definition) is 13. The molecule has 4 unspecified atom stereocenters. The SMILES string of the molecule is COc1nc(-c2cc(F)ccc2[C@@H]2N=C(NOCC3NCC(O)C3O)c3c(C)nc(N)nc3C2F)cnc1N. The molecule has 0 bridgehead atoms. The first-order valence-corrected chi connectivity index (χ1v) is 12.0. The van der Waals surface area contributed by atoms with E-state index in [1.165, 1.54) is 31.5 Å². The Labute approximate surface area is 221 Å². The minimum atomic E-state index is -1.80. The molecule has 8 N–H and O–H groups in total. The number of aliphatic hydroxyl groups excluding tert-OH is 2. The van der Waals surface area contributed by atoms with E-state index >= 15 is 4.39 Å². The number of hydrogen-bond donors (Lipinski definition) is 6. The first kappa shape index (κ1) is 26.6. The van der Waals surface area contributed by atoms with Crippen LogP contribution in [0.5, 0.6) is 5.88 Å². The van der Waals surface area contributed by atoms with Gasteiger partial charge < -0.3 is 31.7 Å². The fourth-order valence-electron chi connectivity index (χ4n) is 4.64. The van der Waals surface area contributed by atoms with Crippen molar-refractivity contribution < 1.29 is 28.6 Å². The predicted molar refractivity (Wildman–Crippen MR) is 136 cm³/mol. The Morgan fingerprint density at radius 2 is 2.00 bits per heavy atom. The summed E-state index contributed by atoms with van der Waals surface area (Å²) in [7, 11) is 1.36. The molecule has 1 fully saturated rings. The van der Waals surface area contributed by atoms with E-state index in [0.29, 0.717) is 5.69 Å². The summed E-state index contributed by atoms with van der Waals surface area (Å²) < 4.78 is 35.7. The number of alkyl halides is 1. The van der Waals surface area contributed by atoms with Gasteiger partial charge in [0.1, 0.15) is 11.9 Å². The van der Waals surface area contributed by atoms with Crippen LogP contribution in [0.25, 0.3) is 11.3 Å². The van der Waals surface area contributed by atoms with Crippen LogP contribution in [0.3, 0.4) is 0 Å². The van der Waals surface area contributed by atoms with Crippen LogP contribution in [0.2, 0.25) is 0 Å². The Morgan fingerprint density at radius 1 is 1.21 bits per heavy atom. The molecule has 2 aliphatic heterocycles. The zero-order valence-electron chi connectivity index (χ0n) is 21.0. The number of nitrogens with zero attached hydrogens (tertiary/aromatic N) is 5. The first-order valence-electron chi connectivity index (χ1n) is 12.0. The Bertz CT molecular complexity index is 1430. The second-order valence-corrected chi connectivity index (χ2v) is 9.12. The van der Waals surface area contributed by atoms with Gasteiger partial charge >= 0.3 is 0 Å². The van der Waals surface area contributed by atoms with Crippen molar-refractivity contribution in [2.45, 2.75) is 37.4 Å². The van der Waals surface area contributed by atoms with Gasteiger partial charge in [-0.2, -0.15) is 0 Å². The van der Waals surface area contributed by atoms with E-state index in [2.05, 4.69) is 35.7 Å². The highest BCUT2D eigenvalue weighted by Crippen LogP contribution is 2.44. The number of aryl methyl sites for hydroxylation is 1. The van der Waals surface area contributed by atoms with Crippen molar-refractivity contribution in [2.75, 3.05) is 31.7 Å². The Kier molecular flexibility index (Phi) is 7.22. The van der Waals surface area contributed by atoms with Crippen molar-refractivity contribution in [1.82, 2.24) is 30.7 Å². The van der Waals surface area contributed by atoms with E-state index in [9.17, 15) is 14.6 Å². The third kappa shape index (κ3) is 5.04. The number of ether oxygens (including phenoxy) is 1. The highest BCUT2D eigenvalue weighted by Gasteiger charge is 2.38. The molecule has 0 aliphatic carbocycles. The largest absolute Gasteiger partial charge is 0.478 e. The van der Waals surface area contributed by atoms with Gasteiger partial charge in [0.25, 0.3) is 5.88 Å². The summed E-state index contributed by atoms with van der Waals surface area (Å²) in [5.41, 5.74) is 15.6. The van der Waals surface area contributed by atoms with Crippen molar-refractivity contribution in [3.63, 3.8) is 0 Å². The predicted octanol–water partition coefficient (Wildman–Crippen LogP) is 0.281. The molecule has 39 heavy (non-hydrogen) atoms. The monoisotopic (exact) mass is 543 g/mol. The lowest BCUT2D eigenvalue weighted by Crippen LogP contribution is -2.41. The minimum absolute atomic E-state index is 0.0247. The van der Waals surface area contributed by atoms with E-state index in [1.54, 1.807) is 6.92 Å². The van der Waals surface area contributed by atoms with Crippen LogP contribution in [0, 0.1) is 12.7 Å². The van der Waals surface area contributed by atoms with Gasteiger partial charge in [-0.3, -0.25) is 9.83 Å². The zero-order chi connectivity index (χ0) is 27.8. The van der Waals surface area contributed by atoms with E-state index < -0.39 is 36.3 Å². The number of methoxy groups -OCH3 is 1. The minimum Gasteiger partial charge on any atom is -0.478 e. The summed E-state index contributed by atoms with van der Waals surface area (Å²) in [6.45, 7) is 1.79. The number of aliphatic hydroxyl groups is 2. The van der Waals surface area contributed by atoms with Gasteiger partial charge in [-0.25, -0.2) is 34.2 Å². The number of anilines is 2. The number of amidine groups is 1. The van der Waals surface area contributed by atoms with Gasteiger partial charge in [0.05, 0.1) is 60.8 Å². The van der Waals surface area contributed by atoms with E-state index in [1.807, 2.05) is 0 Å². The van der Waals surface area contributed by atoms with Crippen molar-refractivity contribution in [1.29, 1.82) is 0 Å². The number of benzene rings is 1. The average Bonchev–Trinajstić information content (AvgIpc) is 3.22. The van der Waals surface area contributed by atoms with Crippen LogP contribution >= 0.6 is 0 Å². The molecule has 4 heterocycles. The Hall–Kier alpha value is -4.05. The summed E-state index contributed by atoms with van der Waals surface area (Å²) in [6.07, 6.45) is -2.42. The molecule has 2 aromatic heterocycles. The van der Waals surface area contributed by atoms with E-state index in [0.717, 1.165) is 0 Å². The van der Waals surface area contributed by atoms with Crippen molar-refractivity contribution >= 4 is 17.6 Å². The molecule has 0 saturated carbocycles. The molecule has 5 atom stereocenters. The average molecular weight is 544 g/mol. The molecular weight excluding hydrogens is 516 g/mol. The van der Waals surface area contributed by atoms with Gasteiger partial charge in [0.15, 0.2) is 17.8 Å². The molecule has 0 amide bonds. The lowest BCUT2D eigenvalue weighted by atomic mass is 9.90. The third-order valence-corrected chi connectivity index (χ3v) is 6.58. The maximum absolute atomic E-state index is 16.2. The topological polar surface area (TPSA) is 199 Å². The number of nitrogens with one attached hydrogen (secondary N) is 2. The Morgan fingerprint density at radius 3 is 2.72 bits per heavy atom. The number of fused-ring (bicyclic) bond motifs is 1. The maximum Gasteiger partial charge on any atom is 0.257 e. The van der Waals surface area contributed by atoms with Gasteiger partial charge in [0.2, 0.25) is 5.95 Å². The highest BCUT2D eigenvalue weighted by atomic mass is 19.1. The van der Waals surface area contributed by atoms with Gasteiger partial charge in [-0.05, 0) is 24.6 Å². The summed E-state index contributed by atoms with van der Waals surface area (Å²) >= 11 is 0. The molecule has 0 radical (unpaired) electrons. The third-order valence-electron chi connectivity index (χ3n) is 6.58. The maximum atomic E-state index is 16.2. The number of nitrogens with two attached hydrogens (primary N) is 2. The smallest absolute Gasteiger partial charge is 0.257 e. The number of aromatic nitrogens is 4. The molecule has 1 aromatic carbocycles. The number of nitrogen functional groups attached to an aromatic ring is 2. The molecule has 5 rings (SSSR count). The number of aliphatic imine (C=N–C) groups is 1. The molecule has 3 aromatic rings. The second kappa shape index (κ2) is 10.6. The number of rotatable bonds is 6. The van der Waals surface area contributed by atoms with Gasteiger partial charge in [0, 0.05) is 12.1 Å². The van der Waals surface area contributed by atoms with Crippen LogP contribution < -0.4 is 27.0 Å². The molecular formula is C24H27F2N9O4. The number of hydroxylamine groups is 1. The normalized spacial score (nSPS) is 24.3. The van der Waals surface area contributed by atoms with Crippen molar-refractivity contribution in [3.8, 4) is 17.1 Å². The fourth-order valence-corrected chi connectivity index (χ4v) is 4.64. The standard InChI is InChI=1S/C24H27F2N9O4/c1-9-16-19(34-24(28)31-9)17(26)18(33-22(16)35-39-8-14-20(37)15(36)7-29-14)11-4-3-10(25)5-12(11)13-6-30-21(27)23(32-13)38-2/h3-6,14-15,17-18,20,29,36-37H,7-8H2,1-2H3,(H2,27,30)(H,33,35)(H2,28,31,34)/t14?,15?,17?,18-,20?/m0/s1. The summed E-state index contributed by atoms with van der Waals surface area (Å²) in [5, 5.41) is 22.8. The molecule has 15 heteroatoms. The van der Waals surface area contributed by atoms with Crippen LogP contribution in [0.4, 0.5) is 20.5 Å². The Balaban J connectivity index is 1.55. The van der Waals surface area contributed by atoms with Crippen molar-refractivity contribution in [2.24, 2.45) is 4.99 Å². The van der Waals surface area contributed by atoms with E-state index in [4.69, 9.17) is 21.0 Å². The fraction of sp³-hybridized carbons (Fsp3) is 0.375. The molecule has 0 spiro atoms. The molecule has 13 nitrogen and oxygen atoms in total. The number of β-amino-alcohol motifs (C(OH)–C–C–N with tert-alkyl or cyclic N) is 1. The summed E-state index contributed by atoms with van der Waals surface area (Å²) in [4.78, 5) is 26.8. The van der Waals surface area contributed by atoms with Crippen LogP contribution in [0.1, 0.15) is 34.7 Å². The quantitative estimate of drug-likeness (QED) is 0.233. The molecule has 2 aliphatic rings. The van der Waals surface area contributed by atoms with E-state index in [-0.39, 0.29) is 64.7 Å². The van der Waals surface area contributed by atoms with Crippen LogP contribution in [-0.4, -0.2) is 74.5 Å². The van der Waals surface area contributed by atoms with Gasteiger partial charge in [-0.1, -0.05) is 6.07 Å². The summed E-state index contributed by atoms with van der Waals surface area (Å²) in [5.74, 6) is -0.554. The summed E-state index contributed by atoms with van der Waals surface area (Å²) in [6, 6.07) is 1.99. The van der Waals surface area contributed by atoms with Crippen LogP contribution in [0.15, 0.2) is 29.4 Å². The second-order valence-electron chi connectivity index (χ2n) is 9.12. The lowest BCUT2D eigenvalue weighted by Gasteiger charge is -2.29. The highest BCUT2D eigenvalue weighted by molar-refractivity contribution is 6.01. The van der Waals surface area contributed by atoms with Crippen LogP contribution in [-0.2, 0) is 4.84 Å². The molecule has 1 saturated heterocycles. The van der Waals surface area contributed by atoms with Crippen molar-refractivity contribution in [3.05, 3.63) is 52.7 Å².